The number of carbonyl (C=O) groups is 1. The molecule has 1 aromatic rings. The van der Waals surface area contributed by atoms with Gasteiger partial charge in [0.25, 0.3) is 0 Å². The molecule has 1 fully saturated rings. The number of esters is 1. The molecule has 1 saturated heterocycles. The van der Waals surface area contributed by atoms with Gasteiger partial charge in [-0.2, -0.15) is 0 Å². The molecule has 0 N–H and O–H groups in total. The Labute approximate surface area is 126 Å². The fraction of sp³-hybridized carbons (Fsp3) is 0.562. The monoisotopic (exact) mass is 292 g/mol. The molecule has 116 valence electrons. The summed E-state index contributed by atoms with van der Waals surface area (Å²) in [5.74, 6) is -0.299. The maximum atomic E-state index is 11.7. The number of hydrogen-bond acceptors (Lipinski definition) is 5. The summed E-state index contributed by atoms with van der Waals surface area (Å²) in [4.78, 5) is 16.1. The van der Waals surface area contributed by atoms with Crippen LogP contribution >= 0.6 is 0 Å². The molecule has 0 unspecified atom stereocenters. The number of carbonyl (C=O) groups excluding carboxylic acids is 1. The van der Waals surface area contributed by atoms with E-state index in [9.17, 15) is 4.79 Å². The molecule has 5 heteroatoms. The van der Waals surface area contributed by atoms with E-state index in [1.165, 1.54) is 18.4 Å². The quantitative estimate of drug-likeness (QED) is 0.787. The zero-order valence-electron chi connectivity index (χ0n) is 13.2. The van der Waals surface area contributed by atoms with E-state index in [1.807, 2.05) is 33.2 Å². The number of hydrogen-bond donors (Lipinski definition) is 0. The Morgan fingerprint density at radius 2 is 2.10 bits per heavy atom. The predicted molar refractivity (Wildman–Crippen MR) is 82.4 cm³/mol. The second-order valence-electron chi connectivity index (χ2n) is 5.68. The summed E-state index contributed by atoms with van der Waals surface area (Å²) in [6.45, 7) is 4.17. The minimum absolute atomic E-state index is 0.0226. The van der Waals surface area contributed by atoms with Crippen LogP contribution in [0.3, 0.4) is 0 Å². The fourth-order valence-corrected chi connectivity index (χ4v) is 2.75. The van der Waals surface area contributed by atoms with E-state index in [0.717, 1.165) is 13.1 Å². The molecule has 0 radical (unpaired) electrons. The maximum absolute atomic E-state index is 11.7. The van der Waals surface area contributed by atoms with Crippen LogP contribution in [0.5, 0.6) is 0 Å². The van der Waals surface area contributed by atoms with Crippen LogP contribution in [0, 0.1) is 0 Å². The number of nitrogens with zero attached hydrogens (tertiary/aromatic N) is 2. The summed E-state index contributed by atoms with van der Waals surface area (Å²) in [5.41, 5.74) is 2.45. The number of ether oxygens (including phenoxy) is 2. The third-order valence-corrected chi connectivity index (χ3v) is 3.67. The molecule has 2 rings (SSSR count). The Hall–Kier alpha value is -1.59. The number of methoxy groups -OCH3 is 1. The van der Waals surface area contributed by atoms with E-state index < -0.39 is 6.10 Å². The van der Waals surface area contributed by atoms with Crippen LogP contribution in [0.1, 0.15) is 12.5 Å². The first-order valence-corrected chi connectivity index (χ1v) is 7.22. The standard InChI is InChI=1S/C16H24N2O3/c1-12-9-18(11-15(21-12)16(19)20-4)10-13-7-5-6-8-14(13)17(2)3/h5-8,12,15H,9-11H2,1-4H3/t12-,15-/m1/s1. The fourth-order valence-electron chi connectivity index (χ4n) is 2.75. The van der Waals surface area contributed by atoms with Gasteiger partial charge in [0.2, 0.25) is 0 Å². The molecule has 2 atom stereocenters. The Balaban J connectivity index is 2.10. The molecule has 0 amide bonds. The van der Waals surface area contributed by atoms with Crippen molar-refractivity contribution < 1.29 is 14.3 Å². The van der Waals surface area contributed by atoms with E-state index in [-0.39, 0.29) is 12.1 Å². The zero-order valence-corrected chi connectivity index (χ0v) is 13.2. The lowest BCUT2D eigenvalue weighted by Crippen LogP contribution is -2.49. The highest BCUT2D eigenvalue weighted by Crippen LogP contribution is 2.22. The second kappa shape index (κ2) is 6.91. The summed E-state index contributed by atoms with van der Waals surface area (Å²) in [6.07, 6.45) is -0.473. The van der Waals surface area contributed by atoms with Gasteiger partial charge in [-0.05, 0) is 18.6 Å². The van der Waals surface area contributed by atoms with Crippen LogP contribution in [-0.2, 0) is 20.8 Å². The van der Waals surface area contributed by atoms with Gasteiger partial charge in [-0.15, -0.1) is 0 Å². The normalized spacial score (nSPS) is 22.9. The highest BCUT2D eigenvalue weighted by atomic mass is 16.6. The first-order chi connectivity index (χ1) is 10.0. The zero-order chi connectivity index (χ0) is 15.4. The van der Waals surface area contributed by atoms with Crippen molar-refractivity contribution in [1.82, 2.24) is 4.90 Å². The Kier molecular flexibility index (Phi) is 5.20. The second-order valence-corrected chi connectivity index (χ2v) is 5.68. The first-order valence-electron chi connectivity index (χ1n) is 7.22. The van der Waals surface area contributed by atoms with Gasteiger partial charge in [-0.25, -0.2) is 4.79 Å². The molecule has 0 aromatic heterocycles. The average Bonchev–Trinajstić information content (AvgIpc) is 2.46. The number of rotatable bonds is 4. The molecule has 21 heavy (non-hydrogen) atoms. The number of para-hydroxylation sites is 1. The molecule has 5 nitrogen and oxygen atoms in total. The average molecular weight is 292 g/mol. The highest BCUT2D eigenvalue weighted by molar-refractivity contribution is 5.75. The lowest BCUT2D eigenvalue weighted by molar-refractivity contribution is -0.166. The van der Waals surface area contributed by atoms with Crippen molar-refractivity contribution in [3.8, 4) is 0 Å². The smallest absolute Gasteiger partial charge is 0.336 e. The maximum Gasteiger partial charge on any atom is 0.336 e. The van der Waals surface area contributed by atoms with Crippen molar-refractivity contribution in [1.29, 1.82) is 0 Å². The molecular weight excluding hydrogens is 268 g/mol. The molecular formula is C16H24N2O3. The van der Waals surface area contributed by atoms with Crippen molar-refractivity contribution >= 4 is 11.7 Å². The van der Waals surface area contributed by atoms with Gasteiger partial charge in [0.15, 0.2) is 6.10 Å². The van der Waals surface area contributed by atoms with Crippen LogP contribution < -0.4 is 4.90 Å². The molecule has 1 aliphatic rings. The van der Waals surface area contributed by atoms with Crippen LogP contribution in [-0.4, -0.2) is 57.4 Å². The van der Waals surface area contributed by atoms with Crippen LogP contribution in [0.4, 0.5) is 5.69 Å². The summed E-state index contributed by atoms with van der Waals surface area (Å²) >= 11 is 0. The summed E-state index contributed by atoms with van der Waals surface area (Å²) in [7, 11) is 5.48. The molecule has 0 aliphatic carbocycles. The van der Waals surface area contributed by atoms with E-state index in [1.54, 1.807) is 0 Å². The molecule has 0 bridgehead atoms. The van der Waals surface area contributed by atoms with Crippen molar-refractivity contribution in [2.24, 2.45) is 0 Å². The van der Waals surface area contributed by atoms with Gasteiger partial charge in [0, 0.05) is 39.4 Å². The van der Waals surface area contributed by atoms with Crippen LogP contribution in [0.15, 0.2) is 24.3 Å². The van der Waals surface area contributed by atoms with E-state index in [4.69, 9.17) is 9.47 Å². The summed E-state index contributed by atoms with van der Waals surface area (Å²) in [6, 6.07) is 8.32. The third-order valence-electron chi connectivity index (χ3n) is 3.67. The third kappa shape index (κ3) is 3.95. The van der Waals surface area contributed by atoms with Crippen LogP contribution in [0.25, 0.3) is 0 Å². The van der Waals surface area contributed by atoms with E-state index in [2.05, 4.69) is 21.9 Å². The molecule has 1 aromatic carbocycles. The van der Waals surface area contributed by atoms with Gasteiger partial charge >= 0.3 is 5.97 Å². The van der Waals surface area contributed by atoms with E-state index >= 15 is 0 Å². The van der Waals surface area contributed by atoms with Gasteiger partial charge in [-0.3, -0.25) is 4.90 Å². The Bertz CT molecular complexity index is 490. The number of anilines is 1. The van der Waals surface area contributed by atoms with Gasteiger partial charge < -0.3 is 14.4 Å². The Morgan fingerprint density at radius 1 is 1.38 bits per heavy atom. The van der Waals surface area contributed by atoms with Crippen molar-refractivity contribution in [2.75, 3.05) is 39.2 Å². The number of benzene rings is 1. The van der Waals surface area contributed by atoms with Gasteiger partial charge in [-0.1, -0.05) is 18.2 Å². The minimum atomic E-state index is -0.495. The highest BCUT2D eigenvalue weighted by Gasteiger charge is 2.31. The van der Waals surface area contributed by atoms with Crippen molar-refractivity contribution in [3.05, 3.63) is 29.8 Å². The molecule has 0 spiro atoms. The van der Waals surface area contributed by atoms with Crippen LogP contribution in [0.2, 0.25) is 0 Å². The van der Waals surface area contributed by atoms with Crippen molar-refractivity contribution in [2.45, 2.75) is 25.7 Å². The van der Waals surface area contributed by atoms with Crippen molar-refractivity contribution in [3.63, 3.8) is 0 Å². The van der Waals surface area contributed by atoms with Gasteiger partial charge in [0.1, 0.15) is 0 Å². The lowest BCUT2D eigenvalue weighted by atomic mass is 10.1. The largest absolute Gasteiger partial charge is 0.467 e. The minimum Gasteiger partial charge on any atom is -0.467 e. The molecule has 1 aliphatic heterocycles. The first kappa shape index (κ1) is 15.8. The van der Waals surface area contributed by atoms with E-state index in [0.29, 0.717) is 6.54 Å². The summed E-state index contributed by atoms with van der Waals surface area (Å²) < 4.78 is 10.5. The molecule has 1 heterocycles. The summed E-state index contributed by atoms with van der Waals surface area (Å²) in [5, 5.41) is 0. The Morgan fingerprint density at radius 3 is 2.76 bits per heavy atom. The predicted octanol–water partition coefficient (Wildman–Crippen LogP) is 1.51. The van der Waals surface area contributed by atoms with Gasteiger partial charge in [0.05, 0.1) is 13.2 Å². The topological polar surface area (TPSA) is 42.0 Å². The molecule has 0 saturated carbocycles. The lowest BCUT2D eigenvalue weighted by Gasteiger charge is -2.36. The SMILES string of the molecule is COC(=O)[C@H]1CN(Cc2ccccc2N(C)C)C[C@@H](C)O1. The number of morpholine rings is 1.